The quantitative estimate of drug-likeness (QED) is 0.223. The van der Waals surface area contributed by atoms with Crippen LogP contribution in [-0.2, 0) is 20.3 Å². The molecule has 2 aromatic carbocycles. The third-order valence-corrected chi connectivity index (χ3v) is 8.02. The number of aromatic nitrogens is 2. The van der Waals surface area contributed by atoms with Gasteiger partial charge in [-0.15, -0.1) is 11.3 Å². The Morgan fingerprint density at radius 2 is 1.78 bits per heavy atom. The fourth-order valence-corrected chi connectivity index (χ4v) is 5.99. The maximum absolute atomic E-state index is 13.2. The lowest BCUT2D eigenvalue weighted by molar-refractivity contribution is 0.0529. The maximum Gasteiger partial charge on any atom is 0.341 e. The molecule has 0 spiro atoms. The molecule has 4 aromatic rings. The van der Waals surface area contributed by atoms with Crippen molar-refractivity contribution in [3.63, 3.8) is 0 Å². The zero-order valence-electron chi connectivity index (χ0n) is 19.9. The Labute approximate surface area is 223 Å². The molecule has 2 aromatic heterocycles. The van der Waals surface area contributed by atoms with Crippen LogP contribution >= 0.6 is 22.9 Å². The van der Waals surface area contributed by atoms with Crippen LogP contribution in [0.25, 0.3) is 11.1 Å². The summed E-state index contributed by atoms with van der Waals surface area (Å²) in [6.45, 7) is 3.64. The highest BCUT2D eigenvalue weighted by molar-refractivity contribution is 7.90. The van der Waals surface area contributed by atoms with E-state index in [0.29, 0.717) is 11.1 Å². The van der Waals surface area contributed by atoms with Gasteiger partial charge in [0.2, 0.25) is 15.0 Å². The van der Waals surface area contributed by atoms with Crippen molar-refractivity contribution in [2.45, 2.75) is 24.8 Å². The van der Waals surface area contributed by atoms with Gasteiger partial charge in [-0.3, -0.25) is 4.79 Å². The summed E-state index contributed by atoms with van der Waals surface area (Å²) in [5, 5.41) is 3.94. The number of ether oxygens (including phenoxy) is 1. The number of nitrogens with one attached hydrogen (secondary N) is 1. The molecule has 0 saturated heterocycles. The Kier molecular flexibility index (Phi) is 8.01. The summed E-state index contributed by atoms with van der Waals surface area (Å²) in [7, 11) is -3.97. The predicted octanol–water partition coefficient (Wildman–Crippen LogP) is 5.57. The van der Waals surface area contributed by atoms with Crippen LogP contribution < -0.4 is 5.32 Å². The Morgan fingerprint density at radius 1 is 1.08 bits per heavy atom. The van der Waals surface area contributed by atoms with Crippen LogP contribution in [0.3, 0.4) is 0 Å². The standard InChI is InChI=1S/C26H22ClN3O5S2/c1-3-35-25(32)21-19(17-10-5-4-6-11-17)14-36-24(21)30-23(31)22-20(27)13-28-26(29-22)37(33,34)15-18-12-8-7-9-16(18)2/h4-14H,3,15H2,1-2H3,(H,30,31). The summed E-state index contributed by atoms with van der Waals surface area (Å²) in [5.74, 6) is -1.72. The van der Waals surface area contributed by atoms with Gasteiger partial charge in [-0.25, -0.2) is 23.2 Å². The molecule has 0 unspecified atom stereocenters. The molecule has 1 amide bonds. The summed E-state index contributed by atoms with van der Waals surface area (Å²) >= 11 is 7.31. The minimum Gasteiger partial charge on any atom is -0.462 e. The van der Waals surface area contributed by atoms with Crippen LogP contribution in [0, 0.1) is 6.92 Å². The number of esters is 1. The summed E-state index contributed by atoms with van der Waals surface area (Å²) in [6, 6.07) is 16.2. The molecule has 0 saturated carbocycles. The molecular formula is C26H22ClN3O5S2. The summed E-state index contributed by atoms with van der Waals surface area (Å²) in [5.41, 5.74) is 2.62. The molecule has 1 N–H and O–H groups in total. The van der Waals surface area contributed by atoms with Crippen molar-refractivity contribution in [2.24, 2.45) is 0 Å². The monoisotopic (exact) mass is 555 g/mol. The number of thiophene rings is 1. The molecule has 0 aliphatic rings. The van der Waals surface area contributed by atoms with E-state index < -0.39 is 26.9 Å². The lowest BCUT2D eigenvalue weighted by Crippen LogP contribution is -2.19. The van der Waals surface area contributed by atoms with E-state index >= 15 is 0 Å². The van der Waals surface area contributed by atoms with E-state index in [2.05, 4.69) is 15.3 Å². The first kappa shape index (κ1) is 26.5. The zero-order valence-corrected chi connectivity index (χ0v) is 22.3. The topological polar surface area (TPSA) is 115 Å². The number of aryl methyl sites for hydroxylation is 1. The zero-order chi connectivity index (χ0) is 26.6. The van der Waals surface area contributed by atoms with Gasteiger partial charge in [0, 0.05) is 10.9 Å². The van der Waals surface area contributed by atoms with E-state index in [4.69, 9.17) is 16.3 Å². The van der Waals surface area contributed by atoms with Gasteiger partial charge < -0.3 is 10.1 Å². The van der Waals surface area contributed by atoms with E-state index in [1.807, 2.05) is 36.4 Å². The van der Waals surface area contributed by atoms with Crippen LogP contribution in [0.2, 0.25) is 5.02 Å². The number of amides is 1. The Bertz CT molecular complexity index is 1570. The second-order valence-electron chi connectivity index (χ2n) is 7.93. The molecule has 0 fully saturated rings. The van der Waals surface area contributed by atoms with Crippen molar-refractivity contribution in [3.8, 4) is 11.1 Å². The summed E-state index contributed by atoms with van der Waals surface area (Å²) in [6.07, 6.45) is 1.07. The number of nitrogens with zero attached hydrogens (tertiary/aromatic N) is 2. The van der Waals surface area contributed by atoms with Gasteiger partial charge >= 0.3 is 5.97 Å². The van der Waals surface area contributed by atoms with Gasteiger partial charge in [0.05, 0.1) is 23.6 Å². The van der Waals surface area contributed by atoms with Crippen molar-refractivity contribution in [2.75, 3.05) is 11.9 Å². The molecule has 4 rings (SSSR count). The van der Waals surface area contributed by atoms with Crippen molar-refractivity contribution >= 4 is 49.7 Å². The Hall–Kier alpha value is -3.60. The van der Waals surface area contributed by atoms with Crippen molar-refractivity contribution in [3.05, 3.63) is 93.6 Å². The fraction of sp³-hybridized carbons (Fsp3) is 0.154. The number of carbonyl (C=O) groups excluding carboxylic acids is 2. The smallest absolute Gasteiger partial charge is 0.341 e. The number of halogens is 1. The van der Waals surface area contributed by atoms with E-state index in [1.165, 1.54) is 0 Å². The minimum absolute atomic E-state index is 0.134. The van der Waals surface area contributed by atoms with Crippen LogP contribution in [0.15, 0.2) is 71.3 Å². The molecule has 0 bridgehead atoms. The van der Waals surface area contributed by atoms with Crippen molar-refractivity contribution < 1.29 is 22.7 Å². The van der Waals surface area contributed by atoms with E-state index in [1.54, 1.807) is 37.4 Å². The molecule has 8 nitrogen and oxygen atoms in total. The number of carbonyl (C=O) groups is 2. The van der Waals surface area contributed by atoms with E-state index in [9.17, 15) is 18.0 Å². The lowest BCUT2D eigenvalue weighted by atomic mass is 10.0. The average Bonchev–Trinajstić information content (AvgIpc) is 3.29. The van der Waals surface area contributed by atoms with Crippen molar-refractivity contribution in [1.29, 1.82) is 0 Å². The summed E-state index contributed by atoms with van der Waals surface area (Å²) < 4.78 is 31.2. The molecule has 0 aliphatic carbocycles. The van der Waals surface area contributed by atoms with E-state index in [-0.39, 0.29) is 33.6 Å². The molecule has 0 atom stereocenters. The Balaban J connectivity index is 1.67. The van der Waals surface area contributed by atoms with Crippen LogP contribution in [0.5, 0.6) is 0 Å². The molecule has 0 aliphatic heterocycles. The second-order valence-corrected chi connectivity index (χ2v) is 11.1. The highest BCUT2D eigenvalue weighted by atomic mass is 35.5. The normalized spacial score (nSPS) is 11.2. The number of benzene rings is 2. The molecule has 37 heavy (non-hydrogen) atoms. The third-order valence-electron chi connectivity index (χ3n) is 5.40. The largest absolute Gasteiger partial charge is 0.462 e. The molecule has 2 heterocycles. The van der Waals surface area contributed by atoms with Crippen LogP contribution in [0.4, 0.5) is 5.00 Å². The van der Waals surface area contributed by atoms with Crippen molar-refractivity contribution in [1.82, 2.24) is 9.97 Å². The Morgan fingerprint density at radius 3 is 2.49 bits per heavy atom. The van der Waals surface area contributed by atoms with Gasteiger partial charge in [0.25, 0.3) is 5.91 Å². The average molecular weight is 556 g/mol. The van der Waals surface area contributed by atoms with Gasteiger partial charge in [0.15, 0.2) is 5.69 Å². The molecule has 11 heteroatoms. The number of rotatable bonds is 8. The first-order valence-corrected chi connectivity index (χ1v) is 14.1. The summed E-state index contributed by atoms with van der Waals surface area (Å²) in [4.78, 5) is 33.8. The number of anilines is 1. The fourth-order valence-electron chi connectivity index (χ4n) is 3.55. The van der Waals surface area contributed by atoms with E-state index in [0.717, 1.165) is 28.7 Å². The highest BCUT2D eigenvalue weighted by Gasteiger charge is 2.26. The van der Waals surface area contributed by atoms with Gasteiger partial charge in [-0.2, -0.15) is 0 Å². The lowest BCUT2D eigenvalue weighted by Gasteiger charge is -2.10. The minimum atomic E-state index is -3.97. The highest BCUT2D eigenvalue weighted by Crippen LogP contribution is 2.36. The number of hydrogen-bond acceptors (Lipinski definition) is 8. The molecular weight excluding hydrogens is 534 g/mol. The van der Waals surface area contributed by atoms with Crippen LogP contribution in [-0.4, -0.2) is 36.9 Å². The van der Waals surface area contributed by atoms with Gasteiger partial charge in [0.1, 0.15) is 10.6 Å². The van der Waals surface area contributed by atoms with Crippen LogP contribution in [0.1, 0.15) is 38.9 Å². The first-order chi connectivity index (χ1) is 17.7. The van der Waals surface area contributed by atoms with Gasteiger partial charge in [-0.1, -0.05) is 66.2 Å². The number of sulfone groups is 1. The third kappa shape index (κ3) is 5.87. The predicted molar refractivity (Wildman–Crippen MR) is 143 cm³/mol. The molecule has 190 valence electrons. The maximum atomic E-state index is 13.2. The van der Waals surface area contributed by atoms with Gasteiger partial charge in [-0.05, 0) is 30.5 Å². The number of hydrogen-bond donors (Lipinski definition) is 1. The molecule has 0 radical (unpaired) electrons. The first-order valence-electron chi connectivity index (χ1n) is 11.2. The second kappa shape index (κ2) is 11.2. The SMILES string of the molecule is CCOC(=O)c1c(-c2ccccc2)csc1NC(=O)c1nc(S(=O)(=O)Cc2ccccc2C)ncc1Cl.